The maximum Gasteiger partial charge on any atom is 0.154 e. The molecule has 0 spiro atoms. The van der Waals surface area contributed by atoms with Gasteiger partial charge >= 0.3 is 0 Å². The van der Waals surface area contributed by atoms with Crippen LogP contribution in [0.3, 0.4) is 0 Å². The highest BCUT2D eigenvalue weighted by molar-refractivity contribution is 5.39. The van der Waals surface area contributed by atoms with Gasteiger partial charge in [-0.3, -0.25) is 4.90 Å². The topological polar surface area (TPSA) is 58.7 Å². The molecule has 5 nitrogen and oxygen atoms in total. The first-order valence-corrected chi connectivity index (χ1v) is 8.20. The normalized spacial score (nSPS) is 19.5. The van der Waals surface area contributed by atoms with Gasteiger partial charge in [0, 0.05) is 24.2 Å². The van der Waals surface area contributed by atoms with Crippen molar-refractivity contribution in [2.75, 3.05) is 13.7 Å². The Morgan fingerprint density at radius 2 is 2.17 bits per heavy atom. The van der Waals surface area contributed by atoms with Crippen LogP contribution in [0.5, 0.6) is 11.5 Å². The summed E-state index contributed by atoms with van der Waals surface area (Å²) in [6.45, 7) is 3.64. The molecular weight excluding hydrogens is 292 g/mol. The van der Waals surface area contributed by atoms with Crippen LogP contribution in [0.4, 0.5) is 0 Å². The van der Waals surface area contributed by atoms with E-state index < -0.39 is 0 Å². The summed E-state index contributed by atoms with van der Waals surface area (Å²) < 4.78 is 10.7. The smallest absolute Gasteiger partial charge is 0.154 e. The van der Waals surface area contributed by atoms with E-state index in [-0.39, 0.29) is 11.8 Å². The molecule has 1 aliphatic heterocycles. The zero-order valence-corrected chi connectivity index (χ0v) is 13.8. The zero-order chi connectivity index (χ0) is 16.2. The lowest BCUT2D eigenvalue weighted by Gasteiger charge is -2.28. The van der Waals surface area contributed by atoms with Gasteiger partial charge in [0.05, 0.1) is 18.8 Å². The first-order chi connectivity index (χ1) is 11.2. The lowest BCUT2D eigenvalue weighted by molar-refractivity contribution is 0.158. The van der Waals surface area contributed by atoms with E-state index in [1.54, 1.807) is 13.2 Å². The minimum Gasteiger partial charge on any atom is -0.507 e. The van der Waals surface area contributed by atoms with E-state index in [2.05, 4.69) is 10.1 Å². The number of nitrogens with zero attached hydrogens (tertiary/aromatic N) is 2. The molecule has 3 rings (SSSR count). The molecule has 1 atom stereocenters. The van der Waals surface area contributed by atoms with Crippen molar-refractivity contribution < 1.29 is 14.4 Å². The van der Waals surface area contributed by atoms with E-state index in [4.69, 9.17) is 9.26 Å². The number of ether oxygens (including phenoxy) is 1. The van der Waals surface area contributed by atoms with Crippen LogP contribution in [-0.2, 0) is 6.54 Å². The van der Waals surface area contributed by atoms with Crippen molar-refractivity contribution in [2.24, 2.45) is 0 Å². The summed E-state index contributed by atoms with van der Waals surface area (Å²) in [5.74, 6) is 1.88. The average molecular weight is 316 g/mol. The molecular formula is C18H24N2O3. The Bertz CT molecular complexity index is 653. The maximum absolute atomic E-state index is 10.2. The fourth-order valence-corrected chi connectivity index (χ4v) is 3.24. The van der Waals surface area contributed by atoms with Crippen molar-refractivity contribution in [3.05, 3.63) is 41.3 Å². The van der Waals surface area contributed by atoms with Crippen molar-refractivity contribution in [1.82, 2.24) is 10.1 Å². The molecule has 2 aromatic rings. The van der Waals surface area contributed by atoms with Crippen LogP contribution < -0.4 is 4.74 Å². The number of phenolic OH excluding ortho intramolecular Hbond substituents is 1. The van der Waals surface area contributed by atoms with Gasteiger partial charge in [0.2, 0.25) is 0 Å². The van der Waals surface area contributed by atoms with E-state index in [1.807, 2.05) is 25.1 Å². The number of hydrogen-bond donors (Lipinski definition) is 1. The molecule has 1 saturated heterocycles. The summed E-state index contributed by atoms with van der Waals surface area (Å²) >= 11 is 0. The molecule has 1 fully saturated rings. The monoisotopic (exact) mass is 316 g/mol. The van der Waals surface area contributed by atoms with Crippen LogP contribution >= 0.6 is 0 Å². The molecule has 0 unspecified atom stereocenters. The third kappa shape index (κ3) is 3.67. The molecule has 0 radical (unpaired) electrons. The highest BCUT2D eigenvalue weighted by Crippen LogP contribution is 2.33. The van der Waals surface area contributed by atoms with Gasteiger partial charge in [0.1, 0.15) is 11.5 Å². The first-order valence-electron chi connectivity index (χ1n) is 8.20. The quantitative estimate of drug-likeness (QED) is 0.929. The summed E-state index contributed by atoms with van der Waals surface area (Å²) in [7, 11) is 1.60. The lowest BCUT2D eigenvalue weighted by atomic mass is 10.1. The van der Waals surface area contributed by atoms with E-state index >= 15 is 0 Å². The zero-order valence-electron chi connectivity index (χ0n) is 13.8. The Balaban J connectivity index is 1.82. The molecule has 1 aromatic carbocycles. The minimum atomic E-state index is 0.222. The molecule has 0 saturated carbocycles. The molecule has 0 aliphatic carbocycles. The van der Waals surface area contributed by atoms with Crippen LogP contribution in [-0.4, -0.2) is 28.8 Å². The van der Waals surface area contributed by atoms with Crippen molar-refractivity contribution in [3.63, 3.8) is 0 Å². The Morgan fingerprint density at radius 1 is 1.30 bits per heavy atom. The summed E-state index contributed by atoms with van der Waals surface area (Å²) in [4.78, 5) is 2.38. The average Bonchev–Trinajstić information content (AvgIpc) is 2.84. The second-order valence-corrected chi connectivity index (χ2v) is 6.20. The molecule has 124 valence electrons. The summed E-state index contributed by atoms with van der Waals surface area (Å²) in [6.07, 6.45) is 4.65. The van der Waals surface area contributed by atoms with Crippen molar-refractivity contribution >= 4 is 0 Å². The van der Waals surface area contributed by atoms with Gasteiger partial charge in [0.25, 0.3) is 0 Å². The molecule has 23 heavy (non-hydrogen) atoms. The lowest BCUT2D eigenvalue weighted by Crippen LogP contribution is -2.28. The van der Waals surface area contributed by atoms with Gasteiger partial charge in [0.15, 0.2) is 5.76 Å². The van der Waals surface area contributed by atoms with Crippen LogP contribution in [0.15, 0.2) is 28.8 Å². The van der Waals surface area contributed by atoms with Crippen LogP contribution in [0.25, 0.3) is 0 Å². The highest BCUT2D eigenvalue weighted by Gasteiger charge is 2.26. The SMILES string of the molecule is COc1ccc(CN2CCCCC[C@H]2c2cc(C)no2)c(O)c1. The number of methoxy groups -OCH3 is 1. The Hall–Kier alpha value is -2.01. The van der Waals surface area contributed by atoms with Crippen molar-refractivity contribution in [2.45, 2.75) is 45.2 Å². The number of rotatable bonds is 4. The third-order valence-corrected chi connectivity index (χ3v) is 4.50. The predicted octanol–water partition coefficient (Wildman–Crippen LogP) is 3.81. The first kappa shape index (κ1) is 15.9. The molecule has 1 N–H and O–H groups in total. The van der Waals surface area contributed by atoms with Gasteiger partial charge in [-0.1, -0.05) is 24.1 Å². The fourth-order valence-electron chi connectivity index (χ4n) is 3.24. The third-order valence-electron chi connectivity index (χ3n) is 4.50. The number of likely N-dealkylation sites (tertiary alicyclic amines) is 1. The molecule has 5 heteroatoms. The van der Waals surface area contributed by atoms with E-state index in [0.717, 1.165) is 30.0 Å². The maximum atomic E-state index is 10.2. The Labute approximate surface area is 136 Å². The van der Waals surface area contributed by atoms with Gasteiger partial charge in [-0.05, 0) is 32.4 Å². The standard InChI is InChI=1S/C18H24N2O3/c1-13-10-18(23-19-13)16-6-4-3-5-9-20(16)12-14-7-8-15(22-2)11-17(14)21/h7-8,10-11,16,21H,3-6,9,12H2,1-2H3/t16-/m0/s1. The summed E-state index contributed by atoms with van der Waals surface area (Å²) in [5.41, 5.74) is 1.82. The number of aromatic hydroxyl groups is 1. The Kier molecular flexibility index (Phi) is 4.86. The van der Waals surface area contributed by atoms with E-state index in [1.165, 1.54) is 19.3 Å². The highest BCUT2D eigenvalue weighted by atomic mass is 16.5. The minimum absolute atomic E-state index is 0.222. The summed E-state index contributed by atoms with van der Waals surface area (Å²) in [5, 5.41) is 14.3. The summed E-state index contributed by atoms with van der Waals surface area (Å²) in [6, 6.07) is 7.74. The molecule has 1 aromatic heterocycles. The number of hydrogen-bond acceptors (Lipinski definition) is 5. The van der Waals surface area contributed by atoms with Crippen LogP contribution in [0.2, 0.25) is 0 Å². The van der Waals surface area contributed by atoms with Gasteiger partial charge in [-0.2, -0.15) is 0 Å². The molecule has 0 amide bonds. The second kappa shape index (κ2) is 7.04. The van der Waals surface area contributed by atoms with E-state index in [0.29, 0.717) is 12.3 Å². The number of phenols is 1. The molecule has 0 bridgehead atoms. The van der Waals surface area contributed by atoms with Crippen LogP contribution in [0, 0.1) is 6.92 Å². The molecule has 2 heterocycles. The second-order valence-electron chi connectivity index (χ2n) is 6.20. The number of benzene rings is 1. The van der Waals surface area contributed by atoms with Gasteiger partial charge in [-0.25, -0.2) is 0 Å². The van der Waals surface area contributed by atoms with Crippen molar-refractivity contribution in [1.29, 1.82) is 0 Å². The van der Waals surface area contributed by atoms with Crippen LogP contribution in [0.1, 0.15) is 48.7 Å². The fraction of sp³-hybridized carbons (Fsp3) is 0.500. The predicted molar refractivity (Wildman–Crippen MR) is 87.5 cm³/mol. The van der Waals surface area contributed by atoms with Gasteiger partial charge < -0.3 is 14.4 Å². The molecule has 1 aliphatic rings. The number of aromatic nitrogens is 1. The largest absolute Gasteiger partial charge is 0.507 e. The van der Waals surface area contributed by atoms with E-state index in [9.17, 15) is 5.11 Å². The van der Waals surface area contributed by atoms with Gasteiger partial charge in [-0.15, -0.1) is 0 Å². The Morgan fingerprint density at radius 3 is 2.87 bits per heavy atom. The van der Waals surface area contributed by atoms with Crippen molar-refractivity contribution in [3.8, 4) is 11.5 Å². The number of aryl methyl sites for hydroxylation is 1.